The first-order valence-corrected chi connectivity index (χ1v) is 10.1. The third kappa shape index (κ3) is 4.90. The van der Waals surface area contributed by atoms with Crippen molar-refractivity contribution in [3.8, 4) is 11.5 Å². The van der Waals surface area contributed by atoms with E-state index in [9.17, 15) is 9.59 Å². The first kappa shape index (κ1) is 20.2. The number of para-hydroxylation sites is 1. The van der Waals surface area contributed by atoms with Gasteiger partial charge in [-0.3, -0.25) is 14.5 Å². The summed E-state index contributed by atoms with van der Waals surface area (Å²) in [6.45, 7) is 5.56. The number of amides is 2. The lowest BCUT2D eigenvalue weighted by Crippen LogP contribution is -2.46. The quantitative estimate of drug-likeness (QED) is 0.721. The van der Waals surface area contributed by atoms with E-state index in [-0.39, 0.29) is 5.91 Å². The molecule has 2 amide bonds. The molecule has 0 radical (unpaired) electrons. The first-order chi connectivity index (χ1) is 14.6. The molecule has 2 aliphatic heterocycles. The summed E-state index contributed by atoms with van der Waals surface area (Å²) in [6.07, 6.45) is 0.370. The number of primary amides is 1. The Hall–Kier alpha value is -3.10. The Kier molecular flexibility index (Phi) is 6.15. The molecule has 0 spiro atoms. The summed E-state index contributed by atoms with van der Waals surface area (Å²) < 4.78 is 10.8. The highest BCUT2D eigenvalue weighted by atomic mass is 16.7. The van der Waals surface area contributed by atoms with E-state index in [4.69, 9.17) is 15.2 Å². The molecular weight excluding hydrogens is 384 g/mol. The molecule has 4 rings (SSSR count). The standard InChI is InChI=1S/C22H26N4O4/c23-22(28)17-3-1-2-4-18(17)24-21(27)7-8-25-9-11-26(12-10-25)14-16-5-6-19-20(13-16)30-15-29-19/h1-6,13H,7-12,14-15H2,(H2,23,28)(H,24,27). The van der Waals surface area contributed by atoms with Crippen molar-refractivity contribution >= 4 is 17.5 Å². The molecular formula is C22H26N4O4. The lowest BCUT2D eigenvalue weighted by atomic mass is 10.1. The molecule has 1 fully saturated rings. The van der Waals surface area contributed by atoms with Crippen LogP contribution in [0, 0.1) is 0 Å². The van der Waals surface area contributed by atoms with Crippen molar-refractivity contribution in [3.05, 3.63) is 53.6 Å². The number of carbonyl (C=O) groups excluding carboxylic acids is 2. The molecule has 0 atom stereocenters. The molecule has 1 saturated heterocycles. The number of benzene rings is 2. The number of nitrogens with one attached hydrogen (secondary N) is 1. The summed E-state index contributed by atoms with van der Waals surface area (Å²) in [5.74, 6) is 0.950. The number of carbonyl (C=O) groups is 2. The molecule has 30 heavy (non-hydrogen) atoms. The van der Waals surface area contributed by atoms with Crippen LogP contribution in [0.5, 0.6) is 11.5 Å². The van der Waals surface area contributed by atoms with E-state index >= 15 is 0 Å². The summed E-state index contributed by atoms with van der Waals surface area (Å²) in [5.41, 5.74) is 7.35. The largest absolute Gasteiger partial charge is 0.454 e. The maximum Gasteiger partial charge on any atom is 0.250 e. The topological polar surface area (TPSA) is 97.1 Å². The minimum Gasteiger partial charge on any atom is -0.454 e. The fourth-order valence-corrected chi connectivity index (χ4v) is 3.75. The number of fused-ring (bicyclic) bond motifs is 1. The van der Waals surface area contributed by atoms with E-state index in [1.54, 1.807) is 24.3 Å². The average molecular weight is 410 g/mol. The second kappa shape index (κ2) is 9.15. The fraction of sp³-hybridized carbons (Fsp3) is 0.364. The summed E-state index contributed by atoms with van der Waals surface area (Å²) in [7, 11) is 0. The van der Waals surface area contributed by atoms with Crippen molar-refractivity contribution in [1.29, 1.82) is 0 Å². The van der Waals surface area contributed by atoms with Crippen LogP contribution >= 0.6 is 0 Å². The van der Waals surface area contributed by atoms with Gasteiger partial charge in [0.15, 0.2) is 11.5 Å². The molecule has 0 saturated carbocycles. The van der Waals surface area contributed by atoms with Crippen molar-refractivity contribution in [3.63, 3.8) is 0 Å². The maximum absolute atomic E-state index is 12.3. The highest BCUT2D eigenvalue weighted by molar-refractivity contribution is 6.02. The number of nitrogens with zero attached hydrogens (tertiary/aromatic N) is 2. The Morgan fingerprint density at radius 3 is 2.50 bits per heavy atom. The van der Waals surface area contributed by atoms with Crippen molar-refractivity contribution in [2.75, 3.05) is 44.8 Å². The van der Waals surface area contributed by atoms with Gasteiger partial charge in [0.25, 0.3) is 5.91 Å². The predicted octanol–water partition coefficient (Wildman–Crippen LogP) is 1.66. The SMILES string of the molecule is NC(=O)c1ccccc1NC(=O)CCN1CCN(Cc2ccc3c(c2)OCO3)CC1. The lowest BCUT2D eigenvalue weighted by molar-refractivity contribution is -0.116. The number of nitrogens with two attached hydrogens (primary N) is 1. The number of hydrogen-bond donors (Lipinski definition) is 2. The minimum atomic E-state index is -0.551. The minimum absolute atomic E-state index is 0.119. The second-order valence-corrected chi connectivity index (χ2v) is 7.51. The number of hydrogen-bond acceptors (Lipinski definition) is 6. The van der Waals surface area contributed by atoms with Gasteiger partial charge in [0.05, 0.1) is 11.3 Å². The first-order valence-electron chi connectivity index (χ1n) is 10.1. The van der Waals surface area contributed by atoms with Gasteiger partial charge in [-0.05, 0) is 29.8 Å². The van der Waals surface area contributed by atoms with Gasteiger partial charge < -0.3 is 25.4 Å². The van der Waals surface area contributed by atoms with E-state index in [1.807, 2.05) is 12.1 Å². The van der Waals surface area contributed by atoms with Crippen LogP contribution in [0.4, 0.5) is 5.69 Å². The fourth-order valence-electron chi connectivity index (χ4n) is 3.75. The van der Waals surface area contributed by atoms with Crippen LogP contribution in [0.1, 0.15) is 22.3 Å². The average Bonchev–Trinajstić information content (AvgIpc) is 3.21. The number of ether oxygens (including phenoxy) is 2. The van der Waals surface area contributed by atoms with Gasteiger partial charge in [-0.25, -0.2) is 0 Å². The molecule has 2 aliphatic rings. The second-order valence-electron chi connectivity index (χ2n) is 7.51. The van der Waals surface area contributed by atoms with Crippen molar-refractivity contribution in [2.45, 2.75) is 13.0 Å². The van der Waals surface area contributed by atoms with E-state index < -0.39 is 5.91 Å². The normalized spacial score (nSPS) is 16.4. The molecule has 0 aliphatic carbocycles. The molecule has 0 bridgehead atoms. The molecule has 2 aromatic rings. The Morgan fingerprint density at radius 2 is 1.70 bits per heavy atom. The summed E-state index contributed by atoms with van der Waals surface area (Å²) in [5, 5.41) is 2.79. The molecule has 3 N–H and O–H groups in total. The Bertz CT molecular complexity index is 925. The number of piperazine rings is 1. The zero-order valence-corrected chi connectivity index (χ0v) is 16.8. The number of anilines is 1. The predicted molar refractivity (Wildman–Crippen MR) is 112 cm³/mol. The van der Waals surface area contributed by atoms with Crippen LogP contribution in [-0.2, 0) is 11.3 Å². The highest BCUT2D eigenvalue weighted by Gasteiger charge is 2.20. The third-order valence-electron chi connectivity index (χ3n) is 5.43. The van der Waals surface area contributed by atoms with Gasteiger partial charge in [-0.2, -0.15) is 0 Å². The van der Waals surface area contributed by atoms with Gasteiger partial charge in [-0.1, -0.05) is 18.2 Å². The van der Waals surface area contributed by atoms with Gasteiger partial charge in [0, 0.05) is 45.7 Å². The summed E-state index contributed by atoms with van der Waals surface area (Å²) >= 11 is 0. The van der Waals surface area contributed by atoms with Crippen LogP contribution < -0.4 is 20.5 Å². The van der Waals surface area contributed by atoms with Crippen LogP contribution in [0.25, 0.3) is 0 Å². The van der Waals surface area contributed by atoms with Crippen LogP contribution in [0.2, 0.25) is 0 Å². The Balaban J connectivity index is 1.21. The Morgan fingerprint density at radius 1 is 0.967 bits per heavy atom. The molecule has 2 aromatic carbocycles. The van der Waals surface area contributed by atoms with Crippen LogP contribution in [-0.4, -0.2) is 61.1 Å². The highest BCUT2D eigenvalue weighted by Crippen LogP contribution is 2.32. The van der Waals surface area contributed by atoms with Crippen molar-refractivity contribution in [1.82, 2.24) is 9.80 Å². The van der Waals surface area contributed by atoms with E-state index in [1.165, 1.54) is 5.56 Å². The van der Waals surface area contributed by atoms with Crippen molar-refractivity contribution < 1.29 is 19.1 Å². The summed E-state index contributed by atoms with van der Waals surface area (Å²) in [4.78, 5) is 28.5. The van der Waals surface area contributed by atoms with Gasteiger partial charge in [-0.15, -0.1) is 0 Å². The van der Waals surface area contributed by atoms with Gasteiger partial charge in [0.1, 0.15) is 0 Å². The van der Waals surface area contributed by atoms with E-state index in [0.717, 1.165) is 44.2 Å². The Labute approximate surface area is 175 Å². The lowest BCUT2D eigenvalue weighted by Gasteiger charge is -2.34. The number of rotatable bonds is 7. The van der Waals surface area contributed by atoms with Gasteiger partial charge >= 0.3 is 0 Å². The smallest absolute Gasteiger partial charge is 0.250 e. The molecule has 2 heterocycles. The van der Waals surface area contributed by atoms with E-state index in [2.05, 4.69) is 21.2 Å². The molecule has 0 unspecified atom stereocenters. The maximum atomic E-state index is 12.3. The molecule has 8 nitrogen and oxygen atoms in total. The summed E-state index contributed by atoms with van der Waals surface area (Å²) in [6, 6.07) is 12.9. The van der Waals surface area contributed by atoms with Crippen LogP contribution in [0.3, 0.4) is 0 Å². The third-order valence-corrected chi connectivity index (χ3v) is 5.43. The molecule has 158 valence electrons. The van der Waals surface area contributed by atoms with E-state index in [0.29, 0.717) is 31.0 Å². The molecule has 0 aromatic heterocycles. The monoisotopic (exact) mass is 410 g/mol. The van der Waals surface area contributed by atoms with Gasteiger partial charge in [0.2, 0.25) is 12.7 Å². The molecule has 8 heteroatoms. The van der Waals surface area contributed by atoms with Crippen molar-refractivity contribution in [2.24, 2.45) is 5.73 Å². The zero-order valence-electron chi connectivity index (χ0n) is 16.8. The zero-order chi connectivity index (χ0) is 20.9. The van der Waals surface area contributed by atoms with Crippen LogP contribution in [0.15, 0.2) is 42.5 Å².